The number of aromatic amines is 1. The SMILES string of the molecule is NC(=O)c1cc2c([nH]c3ccccc32)c(C(=O)NNc2cccc(Cl)c2)n1. The van der Waals surface area contributed by atoms with Crippen molar-refractivity contribution in [2.45, 2.75) is 0 Å². The van der Waals surface area contributed by atoms with Crippen LogP contribution in [-0.2, 0) is 0 Å². The van der Waals surface area contributed by atoms with E-state index < -0.39 is 11.8 Å². The van der Waals surface area contributed by atoms with Gasteiger partial charge in [-0.1, -0.05) is 35.9 Å². The molecule has 0 unspecified atom stereocenters. The van der Waals surface area contributed by atoms with Gasteiger partial charge in [0.15, 0.2) is 5.69 Å². The molecular formula is C19H14ClN5O2. The number of carbonyl (C=O) groups excluding carboxylic acids is 2. The maximum absolute atomic E-state index is 12.7. The Bertz CT molecular complexity index is 1200. The van der Waals surface area contributed by atoms with Gasteiger partial charge in [-0.05, 0) is 30.3 Å². The smallest absolute Gasteiger partial charge is 0.290 e. The third-order valence-electron chi connectivity index (χ3n) is 4.11. The summed E-state index contributed by atoms with van der Waals surface area (Å²) in [6, 6.07) is 16.0. The van der Waals surface area contributed by atoms with E-state index in [1.54, 1.807) is 30.3 Å². The van der Waals surface area contributed by atoms with Crippen LogP contribution in [0.2, 0.25) is 5.02 Å². The molecule has 0 aliphatic heterocycles. The second-order valence-electron chi connectivity index (χ2n) is 5.90. The minimum atomic E-state index is -0.709. The fourth-order valence-electron chi connectivity index (χ4n) is 2.89. The van der Waals surface area contributed by atoms with Crippen LogP contribution in [0.5, 0.6) is 0 Å². The average Bonchev–Trinajstić information content (AvgIpc) is 3.04. The Morgan fingerprint density at radius 1 is 1.04 bits per heavy atom. The molecule has 4 rings (SSSR count). The molecule has 2 aromatic heterocycles. The van der Waals surface area contributed by atoms with E-state index in [9.17, 15) is 9.59 Å². The van der Waals surface area contributed by atoms with Gasteiger partial charge in [0, 0.05) is 21.3 Å². The van der Waals surface area contributed by atoms with E-state index >= 15 is 0 Å². The molecule has 0 saturated carbocycles. The second-order valence-corrected chi connectivity index (χ2v) is 6.34. The molecule has 0 bridgehead atoms. The third-order valence-corrected chi connectivity index (χ3v) is 4.34. The molecule has 134 valence electrons. The Kier molecular flexibility index (Phi) is 4.13. The number of halogens is 1. The number of aromatic nitrogens is 2. The molecule has 7 nitrogen and oxygen atoms in total. The summed E-state index contributed by atoms with van der Waals surface area (Å²) in [5.41, 5.74) is 12.8. The number of para-hydroxylation sites is 1. The molecule has 0 spiro atoms. The zero-order chi connectivity index (χ0) is 19.0. The Balaban J connectivity index is 1.77. The summed E-state index contributed by atoms with van der Waals surface area (Å²) in [5.74, 6) is -1.23. The van der Waals surface area contributed by atoms with Crippen molar-refractivity contribution in [3.63, 3.8) is 0 Å². The monoisotopic (exact) mass is 379 g/mol. The highest BCUT2D eigenvalue weighted by Gasteiger charge is 2.19. The molecule has 0 saturated heterocycles. The van der Waals surface area contributed by atoms with Crippen molar-refractivity contribution >= 4 is 50.9 Å². The van der Waals surface area contributed by atoms with E-state index in [4.69, 9.17) is 17.3 Å². The van der Waals surface area contributed by atoms with Crippen LogP contribution in [0.4, 0.5) is 5.69 Å². The van der Waals surface area contributed by atoms with Crippen LogP contribution < -0.4 is 16.6 Å². The highest BCUT2D eigenvalue weighted by Crippen LogP contribution is 2.27. The van der Waals surface area contributed by atoms with E-state index in [0.717, 1.165) is 10.9 Å². The van der Waals surface area contributed by atoms with Crippen LogP contribution >= 0.6 is 11.6 Å². The molecule has 8 heteroatoms. The zero-order valence-electron chi connectivity index (χ0n) is 13.9. The first-order valence-corrected chi connectivity index (χ1v) is 8.44. The molecule has 0 aliphatic carbocycles. The topological polar surface area (TPSA) is 113 Å². The normalized spacial score (nSPS) is 10.9. The Labute approximate surface area is 158 Å². The van der Waals surface area contributed by atoms with Crippen molar-refractivity contribution in [2.75, 3.05) is 5.43 Å². The molecule has 2 heterocycles. The van der Waals surface area contributed by atoms with E-state index in [1.807, 2.05) is 24.3 Å². The third kappa shape index (κ3) is 3.16. The van der Waals surface area contributed by atoms with Crippen molar-refractivity contribution in [3.8, 4) is 0 Å². The van der Waals surface area contributed by atoms with Crippen molar-refractivity contribution in [1.29, 1.82) is 0 Å². The molecule has 27 heavy (non-hydrogen) atoms. The summed E-state index contributed by atoms with van der Waals surface area (Å²) >= 11 is 5.93. The van der Waals surface area contributed by atoms with Crippen molar-refractivity contribution in [1.82, 2.24) is 15.4 Å². The number of amides is 2. The lowest BCUT2D eigenvalue weighted by atomic mass is 10.1. The maximum atomic E-state index is 12.7. The average molecular weight is 380 g/mol. The van der Waals surface area contributed by atoms with Crippen molar-refractivity contribution < 1.29 is 9.59 Å². The Hall–Kier alpha value is -3.58. The predicted molar refractivity (Wildman–Crippen MR) is 105 cm³/mol. The van der Waals surface area contributed by atoms with Gasteiger partial charge >= 0.3 is 0 Å². The zero-order valence-corrected chi connectivity index (χ0v) is 14.7. The van der Waals surface area contributed by atoms with Crippen LogP contribution in [0.1, 0.15) is 21.0 Å². The van der Waals surface area contributed by atoms with Crippen LogP contribution in [0.3, 0.4) is 0 Å². The molecule has 5 N–H and O–H groups in total. The largest absolute Gasteiger partial charge is 0.364 e. The number of carbonyl (C=O) groups is 2. The van der Waals surface area contributed by atoms with Gasteiger partial charge in [0.1, 0.15) is 5.69 Å². The highest BCUT2D eigenvalue weighted by molar-refractivity contribution is 6.30. The number of nitrogens with two attached hydrogens (primary N) is 1. The van der Waals surface area contributed by atoms with Gasteiger partial charge in [0.25, 0.3) is 11.8 Å². The number of nitrogens with zero attached hydrogens (tertiary/aromatic N) is 1. The number of fused-ring (bicyclic) bond motifs is 3. The molecule has 4 aromatic rings. The Morgan fingerprint density at radius 3 is 2.63 bits per heavy atom. The van der Waals surface area contributed by atoms with Gasteiger partial charge in [-0.3, -0.25) is 20.4 Å². The lowest BCUT2D eigenvalue weighted by molar-refractivity contribution is 0.0959. The number of hydrazine groups is 1. The van der Waals surface area contributed by atoms with E-state index in [2.05, 4.69) is 20.8 Å². The lowest BCUT2D eigenvalue weighted by Gasteiger charge is -2.09. The number of pyridine rings is 1. The quantitative estimate of drug-likeness (QED) is 0.408. The van der Waals surface area contributed by atoms with Gasteiger partial charge < -0.3 is 10.7 Å². The molecule has 2 amide bonds. The van der Waals surface area contributed by atoms with Gasteiger partial charge in [0.2, 0.25) is 0 Å². The summed E-state index contributed by atoms with van der Waals surface area (Å²) in [7, 11) is 0. The van der Waals surface area contributed by atoms with Gasteiger partial charge in [-0.2, -0.15) is 0 Å². The first kappa shape index (κ1) is 16.9. The molecule has 2 aromatic carbocycles. The van der Waals surface area contributed by atoms with Crippen LogP contribution in [-0.4, -0.2) is 21.8 Å². The van der Waals surface area contributed by atoms with Gasteiger partial charge in [-0.15, -0.1) is 0 Å². The number of primary amides is 1. The fourth-order valence-corrected chi connectivity index (χ4v) is 3.08. The first-order valence-electron chi connectivity index (χ1n) is 8.06. The van der Waals surface area contributed by atoms with E-state index in [0.29, 0.717) is 21.6 Å². The molecule has 0 atom stereocenters. The minimum Gasteiger partial charge on any atom is -0.364 e. The summed E-state index contributed by atoms with van der Waals surface area (Å²) in [5, 5.41) is 2.10. The van der Waals surface area contributed by atoms with Crippen LogP contribution in [0.25, 0.3) is 21.8 Å². The number of hydrogen-bond acceptors (Lipinski definition) is 4. The summed E-state index contributed by atoms with van der Waals surface area (Å²) in [6.07, 6.45) is 0. The number of rotatable bonds is 4. The summed E-state index contributed by atoms with van der Waals surface area (Å²) in [4.78, 5) is 31.7. The first-order chi connectivity index (χ1) is 13.0. The van der Waals surface area contributed by atoms with Gasteiger partial charge in [-0.25, -0.2) is 4.98 Å². The van der Waals surface area contributed by atoms with E-state index in [-0.39, 0.29) is 11.4 Å². The summed E-state index contributed by atoms with van der Waals surface area (Å²) in [6.45, 7) is 0. The van der Waals surface area contributed by atoms with Gasteiger partial charge in [0.05, 0.1) is 11.2 Å². The van der Waals surface area contributed by atoms with E-state index in [1.165, 1.54) is 0 Å². The maximum Gasteiger partial charge on any atom is 0.290 e. The fraction of sp³-hybridized carbons (Fsp3) is 0. The molecule has 0 aliphatic rings. The number of hydrogen-bond donors (Lipinski definition) is 4. The number of benzene rings is 2. The number of nitrogens with one attached hydrogen (secondary N) is 3. The highest BCUT2D eigenvalue weighted by atomic mass is 35.5. The van der Waals surface area contributed by atoms with Crippen molar-refractivity contribution in [3.05, 3.63) is 71.0 Å². The molecule has 0 radical (unpaired) electrons. The predicted octanol–water partition coefficient (Wildman–Crippen LogP) is 3.23. The molecule has 0 fully saturated rings. The van der Waals surface area contributed by atoms with Crippen LogP contribution in [0.15, 0.2) is 54.6 Å². The molecular weight excluding hydrogens is 366 g/mol. The minimum absolute atomic E-state index is 0.0140. The lowest BCUT2D eigenvalue weighted by Crippen LogP contribution is -2.31. The summed E-state index contributed by atoms with van der Waals surface area (Å²) < 4.78 is 0. The Morgan fingerprint density at radius 2 is 1.85 bits per heavy atom. The second kappa shape index (κ2) is 6.62. The number of anilines is 1. The van der Waals surface area contributed by atoms with Crippen LogP contribution in [0, 0.1) is 0 Å². The number of H-pyrrole nitrogens is 1. The van der Waals surface area contributed by atoms with Crippen molar-refractivity contribution in [2.24, 2.45) is 5.73 Å². The standard InChI is InChI=1S/C19H14ClN5O2/c20-10-4-3-5-11(8-10)24-25-19(27)17-16-13(9-15(23-17)18(21)26)12-6-1-2-7-14(12)22-16/h1-9,22,24H,(H2,21,26)(H,25,27).